The van der Waals surface area contributed by atoms with Crippen LogP contribution >= 0.6 is 0 Å². The van der Waals surface area contributed by atoms with E-state index >= 15 is 0 Å². The Bertz CT molecular complexity index is 491. The fraction of sp³-hybridized carbons (Fsp3) is 0.533. The lowest BCUT2D eigenvalue weighted by molar-refractivity contribution is -0.137. The number of nitrogens with one attached hydrogen (secondary N) is 1. The van der Waals surface area contributed by atoms with E-state index in [2.05, 4.69) is 5.32 Å². The Kier molecular flexibility index (Phi) is 4.56. The minimum absolute atomic E-state index is 0.0138. The van der Waals surface area contributed by atoms with Gasteiger partial charge in [0.05, 0.1) is 24.1 Å². The Morgan fingerprint density at radius 3 is 2.24 bits per heavy atom. The van der Waals surface area contributed by atoms with Crippen molar-refractivity contribution in [1.82, 2.24) is 5.32 Å². The Morgan fingerprint density at radius 1 is 1.19 bits per heavy atom. The molecule has 1 fully saturated rings. The lowest BCUT2D eigenvalue weighted by atomic mass is 9.98. The fourth-order valence-electron chi connectivity index (χ4n) is 2.71. The summed E-state index contributed by atoms with van der Waals surface area (Å²) in [7, 11) is 0. The molecule has 0 saturated heterocycles. The highest BCUT2D eigenvalue weighted by atomic mass is 19.4. The van der Waals surface area contributed by atoms with Crippen LogP contribution in [0.15, 0.2) is 24.3 Å². The molecule has 6 heteroatoms. The predicted octanol–water partition coefficient (Wildman–Crippen LogP) is 2.67. The molecule has 1 amide bonds. The number of carbonyl (C=O) groups excluding carboxylic acids is 1. The number of rotatable bonds is 4. The normalized spacial score (nSPS) is 17.7. The molecule has 0 bridgehead atoms. The molecular formula is C15H18F3NO2. The lowest BCUT2D eigenvalue weighted by Crippen LogP contribution is -2.49. The van der Waals surface area contributed by atoms with Gasteiger partial charge in [-0.15, -0.1) is 0 Å². The predicted molar refractivity (Wildman–Crippen MR) is 71.6 cm³/mol. The molecule has 0 spiro atoms. The van der Waals surface area contributed by atoms with Crippen molar-refractivity contribution >= 4 is 5.91 Å². The second-order valence-electron chi connectivity index (χ2n) is 5.57. The Labute approximate surface area is 121 Å². The minimum Gasteiger partial charge on any atom is -0.394 e. The average molecular weight is 301 g/mol. The minimum atomic E-state index is -4.37. The van der Waals surface area contributed by atoms with Crippen LogP contribution in [-0.2, 0) is 17.4 Å². The third-order valence-corrected chi connectivity index (χ3v) is 3.91. The van der Waals surface area contributed by atoms with E-state index < -0.39 is 17.3 Å². The number of carbonyl (C=O) groups is 1. The highest BCUT2D eigenvalue weighted by Crippen LogP contribution is 2.30. The Hall–Kier alpha value is -1.56. The van der Waals surface area contributed by atoms with Crippen molar-refractivity contribution < 1.29 is 23.1 Å². The smallest absolute Gasteiger partial charge is 0.394 e. The largest absolute Gasteiger partial charge is 0.416 e. The van der Waals surface area contributed by atoms with E-state index in [1.807, 2.05) is 0 Å². The van der Waals surface area contributed by atoms with Crippen molar-refractivity contribution in [2.75, 3.05) is 6.61 Å². The van der Waals surface area contributed by atoms with E-state index in [9.17, 15) is 23.1 Å². The molecule has 2 N–H and O–H groups in total. The van der Waals surface area contributed by atoms with Gasteiger partial charge in [-0.2, -0.15) is 13.2 Å². The number of amides is 1. The summed E-state index contributed by atoms with van der Waals surface area (Å²) in [6.07, 6.45) is -0.960. The SMILES string of the molecule is O=C(Cc1ccc(C(F)(F)F)cc1)NC1(CO)CCCC1. The summed E-state index contributed by atoms with van der Waals surface area (Å²) in [4.78, 5) is 12.0. The van der Waals surface area contributed by atoms with Gasteiger partial charge in [-0.05, 0) is 30.5 Å². The highest BCUT2D eigenvalue weighted by Gasteiger charge is 2.34. The van der Waals surface area contributed by atoms with Gasteiger partial charge in [0, 0.05) is 0 Å². The molecule has 0 aromatic heterocycles. The van der Waals surface area contributed by atoms with Crippen LogP contribution in [0.3, 0.4) is 0 Å². The molecule has 116 valence electrons. The van der Waals surface area contributed by atoms with Gasteiger partial charge in [0.2, 0.25) is 5.91 Å². The van der Waals surface area contributed by atoms with Crippen molar-refractivity contribution in [2.45, 2.75) is 43.8 Å². The number of halogens is 3. The van der Waals surface area contributed by atoms with E-state index in [1.165, 1.54) is 12.1 Å². The van der Waals surface area contributed by atoms with Crippen molar-refractivity contribution in [2.24, 2.45) is 0 Å². The summed E-state index contributed by atoms with van der Waals surface area (Å²) in [6, 6.07) is 4.56. The van der Waals surface area contributed by atoms with Crippen LogP contribution in [0.1, 0.15) is 36.8 Å². The van der Waals surface area contributed by atoms with Gasteiger partial charge >= 0.3 is 6.18 Å². The molecule has 0 unspecified atom stereocenters. The molecule has 0 radical (unpaired) electrons. The maximum atomic E-state index is 12.4. The quantitative estimate of drug-likeness (QED) is 0.898. The monoisotopic (exact) mass is 301 g/mol. The Balaban J connectivity index is 1.96. The van der Waals surface area contributed by atoms with Crippen LogP contribution in [0.4, 0.5) is 13.2 Å². The van der Waals surface area contributed by atoms with Gasteiger partial charge in [0.25, 0.3) is 0 Å². The number of hydrogen-bond acceptors (Lipinski definition) is 2. The summed E-state index contributed by atoms with van der Waals surface area (Å²) in [6.45, 7) is -0.105. The lowest BCUT2D eigenvalue weighted by Gasteiger charge is -2.28. The van der Waals surface area contributed by atoms with Crippen molar-refractivity contribution in [3.63, 3.8) is 0 Å². The second-order valence-corrected chi connectivity index (χ2v) is 5.57. The van der Waals surface area contributed by atoms with Gasteiger partial charge in [0.1, 0.15) is 0 Å². The molecule has 0 atom stereocenters. The molecule has 3 nitrogen and oxygen atoms in total. The number of benzene rings is 1. The summed E-state index contributed by atoms with van der Waals surface area (Å²) in [5, 5.41) is 12.2. The van der Waals surface area contributed by atoms with Gasteiger partial charge in [-0.1, -0.05) is 25.0 Å². The first-order chi connectivity index (χ1) is 9.85. The summed E-state index contributed by atoms with van der Waals surface area (Å²) >= 11 is 0. The van der Waals surface area contributed by atoms with Crippen LogP contribution in [0.25, 0.3) is 0 Å². The number of aliphatic hydroxyl groups is 1. The average Bonchev–Trinajstić information content (AvgIpc) is 2.87. The third-order valence-electron chi connectivity index (χ3n) is 3.91. The first kappa shape index (κ1) is 15.8. The molecule has 1 saturated carbocycles. The topological polar surface area (TPSA) is 49.3 Å². The standard InChI is InChI=1S/C15H18F3NO2/c16-15(17,18)12-5-3-11(4-6-12)9-13(21)19-14(10-20)7-1-2-8-14/h3-6,20H,1-2,7-10H2,(H,19,21). The van der Waals surface area contributed by atoms with E-state index in [-0.39, 0.29) is 18.9 Å². The van der Waals surface area contributed by atoms with Crippen LogP contribution in [-0.4, -0.2) is 23.2 Å². The molecule has 0 aliphatic heterocycles. The summed E-state index contributed by atoms with van der Waals surface area (Å²) in [5.41, 5.74) is -0.760. The summed E-state index contributed by atoms with van der Waals surface area (Å²) < 4.78 is 37.3. The van der Waals surface area contributed by atoms with Crippen LogP contribution in [0.2, 0.25) is 0 Å². The maximum absolute atomic E-state index is 12.4. The summed E-state index contributed by atoms with van der Waals surface area (Å²) in [5.74, 6) is -0.272. The molecule has 1 aliphatic rings. The van der Waals surface area contributed by atoms with Crippen molar-refractivity contribution in [1.29, 1.82) is 0 Å². The van der Waals surface area contributed by atoms with Crippen molar-refractivity contribution in [3.8, 4) is 0 Å². The first-order valence-corrected chi connectivity index (χ1v) is 6.93. The van der Waals surface area contributed by atoms with Gasteiger partial charge < -0.3 is 10.4 Å². The fourth-order valence-corrected chi connectivity index (χ4v) is 2.71. The molecule has 2 rings (SSSR count). The van der Waals surface area contributed by atoms with E-state index in [4.69, 9.17) is 0 Å². The van der Waals surface area contributed by atoms with Crippen LogP contribution in [0.5, 0.6) is 0 Å². The van der Waals surface area contributed by atoms with Gasteiger partial charge in [-0.25, -0.2) is 0 Å². The van der Waals surface area contributed by atoms with Gasteiger partial charge in [0.15, 0.2) is 0 Å². The zero-order chi connectivity index (χ0) is 15.5. The second kappa shape index (κ2) is 6.05. The van der Waals surface area contributed by atoms with Crippen molar-refractivity contribution in [3.05, 3.63) is 35.4 Å². The molecule has 1 aliphatic carbocycles. The molecule has 1 aromatic rings. The number of aliphatic hydroxyl groups excluding tert-OH is 1. The van der Waals surface area contributed by atoms with E-state index in [0.29, 0.717) is 5.56 Å². The van der Waals surface area contributed by atoms with Crippen LogP contribution < -0.4 is 5.32 Å². The van der Waals surface area contributed by atoms with Gasteiger partial charge in [-0.3, -0.25) is 4.79 Å². The zero-order valence-electron chi connectivity index (χ0n) is 11.5. The zero-order valence-corrected chi connectivity index (χ0v) is 11.5. The molecule has 21 heavy (non-hydrogen) atoms. The van der Waals surface area contributed by atoms with Crippen LogP contribution in [0, 0.1) is 0 Å². The number of hydrogen-bond donors (Lipinski definition) is 2. The highest BCUT2D eigenvalue weighted by molar-refractivity contribution is 5.79. The molecule has 1 aromatic carbocycles. The van der Waals surface area contributed by atoms with E-state index in [0.717, 1.165) is 37.8 Å². The first-order valence-electron chi connectivity index (χ1n) is 6.93. The van der Waals surface area contributed by atoms with E-state index in [1.54, 1.807) is 0 Å². The molecule has 0 heterocycles. The molecular weight excluding hydrogens is 283 g/mol. The maximum Gasteiger partial charge on any atom is 0.416 e. The number of alkyl halides is 3. The third kappa shape index (κ3) is 3.97. The Morgan fingerprint density at radius 2 is 1.76 bits per heavy atom.